The Morgan fingerprint density at radius 3 is 2.27 bits per heavy atom. The fourth-order valence-corrected chi connectivity index (χ4v) is 3.81. The molecule has 2 aromatic rings. The quantitative estimate of drug-likeness (QED) is 0.161. The van der Waals surface area contributed by atoms with E-state index in [1.807, 2.05) is 0 Å². The molecule has 0 amide bonds. The van der Waals surface area contributed by atoms with Crippen LogP contribution in [0.2, 0.25) is 0 Å². The standard InChI is InChI=1S/C26H28O7/c1-2-29-15-3-4-16-30-20-10-12-22(13-11-20)31-25(27)18-5-8-21(9-6-18)32-26(28)19-7-14-23-24(17-19)33-23/h2,5-6,8-13,19,23-24H,1,3-4,7,14-17H2. The third kappa shape index (κ3) is 6.58. The topological polar surface area (TPSA) is 83.6 Å². The van der Waals surface area contributed by atoms with Crippen molar-refractivity contribution in [3.05, 3.63) is 66.9 Å². The highest BCUT2D eigenvalue weighted by molar-refractivity contribution is 5.91. The number of carbonyl (C=O) groups is 2. The lowest BCUT2D eigenvalue weighted by molar-refractivity contribution is -0.139. The van der Waals surface area contributed by atoms with E-state index in [0.717, 1.165) is 32.1 Å². The van der Waals surface area contributed by atoms with Crippen molar-refractivity contribution in [1.82, 2.24) is 0 Å². The van der Waals surface area contributed by atoms with Gasteiger partial charge in [0, 0.05) is 0 Å². The normalized spacial score (nSPS) is 20.8. The molecule has 1 saturated carbocycles. The predicted octanol–water partition coefficient (Wildman–Crippen LogP) is 4.70. The molecule has 33 heavy (non-hydrogen) atoms. The Morgan fingerprint density at radius 1 is 0.879 bits per heavy atom. The number of carbonyl (C=O) groups excluding carboxylic acids is 2. The highest BCUT2D eigenvalue weighted by Crippen LogP contribution is 2.39. The highest BCUT2D eigenvalue weighted by Gasteiger charge is 2.46. The molecule has 0 spiro atoms. The SMILES string of the molecule is C=COCCCCOc1ccc(OC(=O)c2ccc(OC(=O)C3CCC4OC4C3)cc2)cc1. The fraction of sp³-hybridized carbons (Fsp3) is 0.385. The molecule has 0 bridgehead atoms. The highest BCUT2D eigenvalue weighted by atomic mass is 16.6. The molecule has 2 aromatic carbocycles. The summed E-state index contributed by atoms with van der Waals surface area (Å²) in [7, 11) is 0. The molecule has 0 N–H and O–H groups in total. The molecule has 1 aliphatic carbocycles. The Labute approximate surface area is 193 Å². The van der Waals surface area contributed by atoms with Crippen LogP contribution in [0.25, 0.3) is 0 Å². The molecule has 7 nitrogen and oxygen atoms in total. The molecular formula is C26H28O7. The first-order valence-corrected chi connectivity index (χ1v) is 11.3. The van der Waals surface area contributed by atoms with Crippen LogP contribution in [0.4, 0.5) is 0 Å². The monoisotopic (exact) mass is 452 g/mol. The van der Waals surface area contributed by atoms with Crippen LogP contribution in [-0.2, 0) is 14.3 Å². The van der Waals surface area contributed by atoms with Crippen LogP contribution in [0.15, 0.2) is 61.4 Å². The minimum absolute atomic E-state index is 0.128. The van der Waals surface area contributed by atoms with Gasteiger partial charge in [-0.25, -0.2) is 4.79 Å². The molecule has 0 radical (unpaired) electrons. The summed E-state index contributed by atoms with van der Waals surface area (Å²) in [5.41, 5.74) is 0.365. The fourth-order valence-electron chi connectivity index (χ4n) is 3.81. The van der Waals surface area contributed by atoms with Gasteiger partial charge in [0.1, 0.15) is 17.2 Å². The second-order valence-electron chi connectivity index (χ2n) is 8.12. The third-order valence-corrected chi connectivity index (χ3v) is 5.72. The zero-order valence-corrected chi connectivity index (χ0v) is 18.4. The van der Waals surface area contributed by atoms with Crippen molar-refractivity contribution >= 4 is 11.9 Å². The lowest BCUT2D eigenvalue weighted by atomic mass is 9.89. The van der Waals surface area contributed by atoms with E-state index in [4.69, 9.17) is 23.7 Å². The van der Waals surface area contributed by atoms with Gasteiger partial charge in [-0.3, -0.25) is 4.79 Å². The van der Waals surface area contributed by atoms with Crippen LogP contribution < -0.4 is 14.2 Å². The molecule has 2 fully saturated rings. The number of unbranched alkanes of at least 4 members (excludes halogenated alkanes) is 1. The average Bonchev–Trinajstić information content (AvgIpc) is 3.62. The van der Waals surface area contributed by atoms with Crippen LogP contribution in [-0.4, -0.2) is 37.4 Å². The summed E-state index contributed by atoms with van der Waals surface area (Å²) in [5.74, 6) is 0.664. The third-order valence-electron chi connectivity index (χ3n) is 5.72. The largest absolute Gasteiger partial charge is 0.502 e. The summed E-state index contributed by atoms with van der Waals surface area (Å²) >= 11 is 0. The van der Waals surface area contributed by atoms with Crippen molar-refractivity contribution in [3.63, 3.8) is 0 Å². The van der Waals surface area contributed by atoms with Gasteiger partial charge in [0.15, 0.2) is 0 Å². The van der Waals surface area contributed by atoms with Gasteiger partial charge in [-0.1, -0.05) is 6.58 Å². The smallest absolute Gasteiger partial charge is 0.343 e. The van der Waals surface area contributed by atoms with Crippen molar-refractivity contribution in [2.75, 3.05) is 13.2 Å². The molecule has 0 aromatic heterocycles. The molecule has 2 aliphatic rings. The lowest BCUT2D eigenvalue weighted by Crippen LogP contribution is -2.25. The molecule has 1 heterocycles. The summed E-state index contributed by atoms with van der Waals surface area (Å²) in [4.78, 5) is 24.8. The molecule has 1 saturated heterocycles. The van der Waals surface area contributed by atoms with Gasteiger partial charge in [-0.05, 0) is 80.6 Å². The molecule has 3 unspecified atom stereocenters. The van der Waals surface area contributed by atoms with E-state index in [0.29, 0.717) is 42.1 Å². The molecule has 4 rings (SSSR count). The van der Waals surface area contributed by atoms with Crippen LogP contribution in [0.3, 0.4) is 0 Å². The first-order valence-electron chi connectivity index (χ1n) is 11.3. The summed E-state index contributed by atoms with van der Waals surface area (Å²) in [6.45, 7) is 4.70. The zero-order chi connectivity index (χ0) is 23.0. The number of epoxide rings is 1. The minimum Gasteiger partial charge on any atom is -0.502 e. The Bertz CT molecular complexity index is 952. The van der Waals surface area contributed by atoms with Crippen molar-refractivity contribution in [2.24, 2.45) is 5.92 Å². The van der Waals surface area contributed by atoms with Gasteiger partial charge < -0.3 is 23.7 Å². The molecule has 174 valence electrons. The maximum Gasteiger partial charge on any atom is 0.343 e. The van der Waals surface area contributed by atoms with E-state index in [1.54, 1.807) is 48.5 Å². The number of benzene rings is 2. The van der Waals surface area contributed by atoms with Crippen LogP contribution in [0.1, 0.15) is 42.5 Å². The Kier molecular flexibility index (Phi) is 7.62. The van der Waals surface area contributed by atoms with Crippen LogP contribution >= 0.6 is 0 Å². The van der Waals surface area contributed by atoms with Crippen LogP contribution in [0.5, 0.6) is 17.2 Å². The number of ether oxygens (including phenoxy) is 5. The molecule has 1 aliphatic heterocycles. The van der Waals surface area contributed by atoms with Gasteiger partial charge in [-0.15, -0.1) is 0 Å². The first kappa shape index (κ1) is 22.9. The summed E-state index contributed by atoms with van der Waals surface area (Å²) in [6.07, 6.45) is 6.17. The van der Waals surface area contributed by atoms with Crippen molar-refractivity contribution < 1.29 is 33.3 Å². The van der Waals surface area contributed by atoms with E-state index in [1.165, 1.54) is 6.26 Å². The molecular weight excluding hydrogens is 424 g/mol. The summed E-state index contributed by atoms with van der Waals surface area (Å²) in [5, 5.41) is 0. The van der Waals surface area contributed by atoms with E-state index >= 15 is 0 Å². The zero-order valence-electron chi connectivity index (χ0n) is 18.4. The van der Waals surface area contributed by atoms with Crippen LogP contribution in [0, 0.1) is 5.92 Å². The maximum atomic E-state index is 12.4. The number of hydrogen-bond donors (Lipinski definition) is 0. The van der Waals surface area contributed by atoms with E-state index in [2.05, 4.69) is 6.58 Å². The number of hydrogen-bond acceptors (Lipinski definition) is 7. The van der Waals surface area contributed by atoms with Crippen molar-refractivity contribution in [3.8, 4) is 17.2 Å². The minimum atomic E-state index is -0.493. The number of esters is 2. The number of rotatable bonds is 11. The second kappa shape index (κ2) is 11.0. The molecule has 3 atom stereocenters. The average molecular weight is 453 g/mol. The second-order valence-corrected chi connectivity index (χ2v) is 8.12. The van der Waals surface area contributed by atoms with E-state index in [-0.39, 0.29) is 18.0 Å². The van der Waals surface area contributed by atoms with Gasteiger partial charge in [0.25, 0.3) is 0 Å². The lowest BCUT2D eigenvalue weighted by Gasteiger charge is -2.17. The maximum absolute atomic E-state index is 12.4. The van der Waals surface area contributed by atoms with E-state index < -0.39 is 5.97 Å². The van der Waals surface area contributed by atoms with Crippen molar-refractivity contribution in [1.29, 1.82) is 0 Å². The van der Waals surface area contributed by atoms with Gasteiger partial charge in [0.2, 0.25) is 0 Å². The summed E-state index contributed by atoms with van der Waals surface area (Å²) < 4.78 is 27.1. The molecule has 7 heteroatoms. The Morgan fingerprint density at radius 2 is 1.55 bits per heavy atom. The van der Waals surface area contributed by atoms with E-state index in [9.17, 15) is 9.59 Å². The van der Waals surface area contributed by atoms with Gasteiger partial charge in [-0.2, -0.15) is 0 Å². The van der Waals surface area contributed by atoms with Crippen molar-refractivity contribution in [2.45, 2.75) is 44.3 Å². The Hall–Kier alpha value is -3.32. The first-order chi connectivity index (χ1) is 16.1. The Balaban J connectivity index is 1.21. The number of fused-ring (bicyclic) bond motifs is 1. The summed E-state index contributed by atoms with van der Waals surface area (Å²) in [6, 6.07) is 13.2. The van der Waals surface area contributed by atoms with Gasteiger partial charge >= 0.3 is 11.9 Å². The predicted molar refractivity (Wildman–Crippen MR) is 120 cm³/mol. The van der Waals surface area contributed by atoms with Gasteiger partial charge in [0.05, 0.1) is 43.2 Å².